The lowest BCUT2D eigenvalue weighted by molar-refractivity contribution is -0.0353. The predicted octanol–water partition coefficient (Wildman–Crippen LogP) is 3.19. The summed E-state index contributed by atoms with van der Waals surface area (Å²) in [6.07, 6.45) is -1.88. The number of hydrogen-bond donors (Lipinski definition) is 2. The Morgan fingerprint density at radius 1 is 1.00 bits per heavy atom. The van der Waals surface area contributed by atoms with Gasteiger partial charge in [-0.3, -0.25) is 9.78 Å². The molecule has 1 aromatic rings. The normalized spacial score (nSPS) is 11.8. The van der Waals surface area contributed by atoms with E-state index >= 15 is 0 Å². The lowest BCUT2D eigenvalue weighted by Gasteiger charge is -2.38. The standard InChI is InChI=1S/C16H23N3O5/c1-15(2,3)10-8-7-9-17-11(10)12(20)18(13(21)22)19(14(23)24)16(4,5)6/h7-9H,1-6H3,(H,21,22)(H,23,24). The summed E-state index contributed by atoms with van der Waals surface area (Å²) in [5.74, 6) is -1.01. The smallest absolute Gasteiger partial charge is 0.434 e. The van der Waals surface area contributed by atoms with E-state index in [4.69, 9.17) is 0 Å². The summed E-state index contributed by atoms with van der Waals surface area (Å²) in [6.45, 7) is 10.0. The maximum atomic E-state index is 12.8. The molecule has 0 saturated heterocycles. The van der Waals surface area contributed by atoms with Crippen molar-refractivity contribution in [3.05, 3.63) is 29.6 Å². The van der Waals surface area contributed by atoms with Crippen LogP contribution in [0.25, 0.3) is 0 Å². The van der Waals surface area contributed by atoms with Crippen LogP contribution in [0.3, 0.4) is 0 Å². The Morgan fingerprint density at radius 2 is 1.54 bits per heavy atom. The summed E-state index contributed by atoms with van der Waals surface area (Å²) in [4.78, 5) is 40.0. The number of imide groups is 1. The first-order valence-electron chi connectivity index (χ1n) is 7.34. The summed E-state index contributed by atoms with van der Waals surface area (Å²) in [5.41, 5.74) is -1.18. The van der Waals surface area contributed by atoms with Gasteiger partial charge >= 0.3 is 18.1 Å². The number of amides is 3. The van der Waals surface area contributed by atoms with E-state index in [2.05, 4.69) is 4.98 Å². The maximum Gasteiger partial charge on any atom is 0.434 e. The number of hydrogen-bond acceptors (Lipinski definition) is 4. The van der Waals surface area contributed by atoms with Crippen LogP contribution in [-0.4, -0.2) is 48.8 Å². The molecule has 0 aliphatic rings. The Hall–Kier alpha value is -2.64. The number of hydrazine groups is 1. The highest BCUT2D eigenvalue weighted by molar-refractivity contribution is 6.03. The van der Waals surface area contributed by atoms with E-state index in [1.165, 1.54) is 27.0 Å². The minimum atomic E-state index is -1.69. The van der Waals surface area contributed by atoms with E-state index in [9.17, 15) is 24.6 Å². The van der Waals surface area contributed by atoms with Gasteiger partial charge in [0.05, 0.1) is 5.54 Å². The highest BCUT2D eigenvalue weighted by atomic mass is 16.4. The van der Waals surface area contributed by atoms with Crippen LogP contribution < -0.4 is 0 Å². The van der Waals surface area contributed by atoms with Crippen LogP contribution in [0.5, 0.6) is 0 Å². The minimum Gasteiger partial charge on any atom is -0.464 e. The van der Waals surface area contributed by atoms with Crippen molar-refractivity contribution in [2.75, 3.05) is 0 Å². The molecule has 1 aromatic heterocycles. The molecule has 1 heterocycles. The van der Waals surface area contributed by atoms with Crippen molar-refractivity contribution >= 4 is 18.1 Å². The minimum absolute atomic E-state index is 0.0945. The van der Waals surface area contributed by atoms with Crippen molar-refractivity contribution in [3.8, 4) is 0 Å². The molecule has 1 rings (SSSR count). The molecular formula is C16H23N3O5. The molecule has 0 saturated carbocycles. The third-order valence-corrected chi connectivity index (χ3v) is 3.21. The van der Waals surface area contributed by atoms with Crippen molar-refractivity contribution in [1.29, 1.82) is 0 Å². The first-order valence-corrected chi connectivity index (χ1v) is 7.34. The average molecular weight is 337 g/mol. The zero-order valence-corrected chi connectivity index (χ0v) is 14.7. The zero-order chi connectivity index (χ0) is 18.9. The van der Waals surface area contributed by atoms with Gasteiger partial charge in [0.25, 0.3) is 0 Å². The van der Waals surface area contributed by atoms with Crippen LogP contribution in [0.2, 0.25) is 0 Å². The number of carbonyl (C=O) groups excluding carboxylic acids is 1. The number of pyridine rings is 1. The van der Waals surface area contributed by atoms with Gasteiger partial charge in [-0.15, -0.1) is 5.01 Å². The third kappa shape index (κ3) is 4.01. The molecule has 0 atom stereocenters. The predicted molar refractivity (Wildman–Crippen MR) is 86.7 cm³/mol. The SMILES string of the molecule is CC(C)(C)c1cccnc1C(=O)N(C(=O)O)N(C(=O)O)C(C)(C)C. The molecule has 0 unspecified atom stereocenters. The van der Waals surface area contributed by atoms with Crippen molar-refractivity contribution in [1.82, 2.24) is 15.0 Å². The highest BCUT2D eigenvalue weighted by Gasteiger charge is 2.41. The number of aromatic nitrogens is 1. The van der Waals surface area contributed by atoms with Crippen LogP contribution in [0.4, 0.5) is 9.59 Å². The Bertz CT molecular complexity index is 658. The van der Waals surface area contributed by atoms with Crippen LogP contribution >= 0.6 is 0 Å². The van der Waals surface area contributed by atoms with E-state index < -0.39 is 29.0 Å². The topological polar surface area (TPSA) is 111 Å². The second-order valence-electron chi connectivity index (χ2n) is 7.31. The molecule has 0 aromatic carbocycles. The fourth-order valence-corrected chi connectivity index (χ4v) is 2.22. The molecule has 0 aliphatic heterocycles. The van der Waals surface area contributed by atoms with Crippen LogP contribution in [-0.2, 0) is 5.41 Å². The molecule has 0 bridgehead atoms. The van der Waals surface area contributed by atoms with E-state index in [-0.39, 0.29) is 10.7 Å². The molecule has 24 heavy (non-hydrogen) atoms. The summed E-state index contributed by atoms with van der Waals surface area (Å²) < 4.78 is 0. The Balaban J connectivity index is 3.52. The van der Waals surface area contributed by atoms with E-state index in [0.29, 0.717) is 10.6 Å². The van der Waals surface area contributed by atoms with Gasteiger partial charge in [0.1, 0.15) is 5.69 Å². The quantitative estimate of drug-likeness (QED) is 0.761. The van der Waals surface area contributed by atoms with Crippen LogP contribution in [0.15, 0.2) is 18.3 Å². The molecule has 8 nitrogen and oxygen atoms in total. The lowest BCUT2D eigenvalue weighted by Crippen LogP contribution is -2.59. The molecule has 2 N–H and O–H groups in total. The molecule has 0 spiro atoms. The van der Waals surface area contributed by atoms with E-state index in [1.54, 1.807) is 12.1 Å². The van der Waals surface area contributed by atoms with Gasteiger partial charge in [-0.05, 0) is 37.8 Å². The monoisotopic (exact) mass is 337 g/mol. The first-order chi connectivity index (χ1) is 10.8. The van der Waals surface area contributed by atoms with Crippen LogP contribution in [0.1, 0.15) is 57.6 Å². The average Bonchev–Trinajstić information content (AvgIpc) is 2.40. The van der Waals surface area contributed by atoms with Crippen molar-refractivity contribution in [2.24, 2.45) is 0 Å². The second kappa shape index (κ2) is 6.46. The largest absolute Gasteiger partial charge is 0.464 e. The van der Waals surface area contributed by atoms with Gasteiger partial charge in [-0.1, -0.05) is 26.8 Å². The van der Waals surface area contributed by atoms with E-state index in [1.807, 2.05) is 20.8 Å². The number of rotatable bonds is 1. The number of carboxylic acid groups (broad SMARTS) is 2. The van der Waals surface area contributed by atoms with Crippen LogP contribution in [0, 0.1) is 0 Å². The molecule has 8 heteroatoms. The number of nitrogens with zero attached hydrogens (tertiary/aromatic N) is 3. The summed E-state index contributed by atoms with van der Waals surface area (Å²) >= 11 is 0. The van der Waals surface area contributed by atoms with Gasteiger partial charge in [-0.25, -0.2) is 14.6 Å². The van der Waals surface area contributed by atoms with Gasteiger partial charge in [0.15, 0.2) is 0 Å². The van der Waals surface area contributed by atoms with Gasteiger partial charge in [0, 0.05) is 6.20 Å². The van der Waals surface area contributed by atoms with Crippen molar-refractivity contribution < 1.29 is 24.6 Å². The molecular weight excluding hydrogens is 314 g/mol. The fourth-order valence-electron chi connectivity index (χ4n) is 2.22. The highest BCUT2D eigenvalue weighted by Crippen LogP contribution is 2.27. The molecule has 0 aliphatic carbocycles. The Kier molecular flexibility index (Phi) is 5.23. The van der Waals surface area contributed by atoms with Crippen molar-refractivity contribution in [2.45, 2.75) is 52.5 Å². The Labute approximate surface area is 140 Å². The summed E-state index contributed by atoms with van der Waals surface area (Å²) in [6, 6.07) is 3.31. The fraction of sp³-hybridized carbons (Fsp3) is 0.500. The molecule has 3 amide bonds. The summed E-state index contributed by atoms with van der Waals surface area (Å²) in [5, 5.41) is 19.5. The zero-order valence-electron chi connectivity index (χ0n) is 14.7. The third-order valence-electron chi connectivity index (χ3n) is 3.21. The summed E-state index contributed by atoms with van der Waals surface area (Å²) in [7, 11) is 0. The second-order valence-corrected chi connectivity index (χ2v) is 7.31. The van der Waals surface area contributed by atoms with Gasteiger partial charge in [-0.2, -0.15) is 0 Å². The van der Waals surface area contributed by atoms with Gasteiger partial charge in [0.2, 0.25) is 0 Å². The van der Waals surface area contributed by atoms with Gasteiger partial charge < -0.3 is 10.2 Å². The van der Waals surface area contributed by atoms with E-state index in [0.717, 1.165) is 0 Å². The lowest BCUT2D eigenvalue weighted by atomic mass is 9.85. The maximum absolute atomic E-state index is 12.8. The Morgan fingerprint density at radius 3 is 1.92 bits per heavy atom. The molecule has 132 valence electrons. The number of carbonyl (C=O) groups is 3. The first kappa shape index (κ1) is 19.4. The molecule has 0 fully saturated rings. The molecule has 0 radical (unpaired) electrons. The van der Waals surface area contributed by atoms with Crippen molar-refractivity contribution in [3.63, 3.8) is 0 Å².